The molecule has 0 aliphatic carbocycles. The second kappa shape index (κ2) is 7.28. The Hall–Kier alpha value is -2.59. The number of rotatable bonds is 3. The number of benzene rings is 1. The minimum absolute atomic E-state index is 0.434. The third kappa shape index (κ3) is 3.43. The molecule has 0 radical (unpaired) electrons. The van der Waals surface area contributed by atoms with E-state index >= 15 is 0 Å². The van der Waals surface area contributed by atoms with Crippen molar-refractivity contribution in [3.05, 3.63) is 18.5 Å². The van der Waals surface area contributed by atoms with Crippen LogP contribution in [0.3, 0.4) is 0 Å². The number of anilines is 1. The summed E-state index contributed by atoms with van der Waals surface area (Å²) in [7, 11) is 1.05. The molecule has 1 N–H and O–H groups in total. The SMILES string of the molecule is COc1cc2c(N3CCN(C(=O)O)CC3)ncnc2cc1B1OC(C)(C)C(C)(C)O1. The van der Waals surface area contributed by atoms with Crippen molar-refractivity contribution in [3.63, 3.8) is 0 Å². The summed E-state index contributed by atoms with van der Waals surface area (Å²) in [6.07, 6.45) is 0.637. The van der Waals surface area contributed by atoms with E-state index in [2.05, 4.69) is 14.9 Å². The number of piperazine rings is 1. The predicted octanol–water partition coefficient (Wildman–Crippen LogP) is 1.74. The van der Waals surface area contributed by atoms with Gasteiger partial charge in [-0.25, -0.2) is 14.8 Å². The molecule has 0 atom stereocenters. The number of aromatic nitrogens is 2. The smallest absolute Gasteiger partial charge is 0.497 e. The lowest BCUT2D eigenvalue weighted by Gasteiger charge is -2.34. The zero-order valence-electron chi connectivity index (χ0n) is 18.0. The summed E-state index contributed by atoms with van der Waals surface area (Å²) >= 11 is 0. The molecule has 2 aliphatic heterocycles. The number of nitrogens with zero attached hydrogens (tertiary/aromatic N) is 4. The minimum atomic E-state index is -0.893. The zero-order valence-corrected chi connectivity index (χ0v) is 18.0. The molecule has 1 amide bonds. The van der Waals surface area contributed by atoms with Crippen molar-refractivity contribution >= 4 is 35.4 Å². The van der Waals surface area contributed by atoms with E-state index < -0.39 is 24.4 Å². The van der Waals surface area contributed by atoms with E-state index in [1.165, 1.54) is 11.2 Å². The first-order valence-electron chi connectivity index (χ1n) is 10.0. The van der Waals surface area contributed by atoms with Crippen LogP contribution in [-0.2, 0) is 9.31 Å². The number of hydrogen-bond donors (Lipinski definition) is 1. The van der Waals surface area contributed by atoms with Crippen LogP contribution in [0.1, 0.15) is 27.7 Å². The predicted molar refractivity (Wildman–Crippen MR) is 114 cm³/mol. The molecule has 0 saturated carbocycles. The fourth-order valence-corrected chi connectivity index (χ4v) is 3.78. The first-order chi connectivity index (χ1) is 14.1. The van der Waals surface area contributed by atoms with Gasteiger partial charge in [-0.15, -0.1) is 0 Å². The van der Waals surface area contributed by atoms with Crippen LogP contribution >= 0.6 is 0 Å². The summed E-state index contributed by atoms with van der Waals surface area (Å²) in [5, 5.41) is 10.0. The molecule has 3 heterocycles. The van der Waals surface area contributed by atoms with Crippen molar-refractivity contribution in [3.8, 4) is 5.75 Å². The Morgan fingerprint density at radius 3 is 2.30 bits per heavy atom. The molecule has 1 aromatic carbocycles. The van der Waals surface area contributed by atoms with Gasteiger partial charge in [-0.3, -0.25) is 0 Å². The summed E-state index contributed by atoms with van der Waals surface area (Å²) < 4.78 is 18.1. The van der Waals surface area contributed by atoms with Gasteiger partial charge in [0.05, 0.1) is 23.8 Å². The number of methoxy groups -OCH3 is 1. The lowest BCUT2D eigenvalue weighted by atomic mass is 9.78. The standard InChI is InChI=1S/C20H27BN4O5/c1-19(2)20(3,4)30-21(29-19)14-11-15-13(10-16(14)28-5)17(23-12-22-15)24-6-8-25(9-7-24)18(26)27/h10-12H,6-9H2,1-5H3,(H,26,27). The molecule has 9 nitrogen and oxygen atoms in total. The second-order valence-corrected chi connectivity index (χ2v) is 8.65. The maximum atomic E-state index is 11.2. The van der Waals surface area contributed by atoms with Gasteiger partial charge < -0.3 is 29.0 Å². The van der Waals surface area contributed by atoms with Crippen molar-refractivity contribution < 1.29 is 23.9 Å². The topological polar surface area (TPSA) is 97.3 Å². The molecular formula is C20H27BN4O5. The maximum Gasteiger partial charge on any atom is 0.498 e. The summed E-state index contributed by atoms with van der Waals surface area (Å²) in [6, 6.07) is 3.84. The Morgan fingerprint density at radius 1 is 1.10 bits per heavy atom. The van der Waals surface area contributed by atoms with Gasteiger partial charge in [0.2, 0.25) is 0 Å². The Balaban J connectivity index is 1.70. The summed E-state index contributed by atoms with van der Waals surface area (Å²) in [5.74, 6) is 1.41. The first-order valence-corrected chi connectivity index (χ1v) is 10.0. The Morgan fingerprint density at radius 2 is 1.73 bits per heavy atom. The summed E-state index contributed by atoms with van der Waals surface area (Å²) in [4.78, 5) is 23.6. The molecule has 160 valence electrons. The van der Waals surface area contributed by atoms with E-state index in [-0.39, 0.29) is 0 Å². The molecule has 2 aromatic rings. The molecule has 0 bridgehead atoms. The zero-order chi connectivity index (χ0) is 21.7. The number of ether oxygens (including phenoxy) is 1. The monoisotopic (exact) mass is 414 g/mol. The van der Waals surface area contributed by atoms with Gasteiger partial charge in [-0.2, -0.15) is 0 Å². The number of hydrogen-bond acceptors (Lipinski definition) is 7. The first kappa shape index (κ1) is 20.7. The van der Waals surface area contributed by atoms with Crippen LogP contribution in [-0.4, -0.2) is 77.7 Å². The highest BCUT2D eigenvalue weighted by Crippen LogP contribution is 2.38. The fraction of sp³-hybridized carbons (Fsp3) is 0.550. The Labute approximate surface area is 176 Å². The quantitative estimate of drug-likeness (QED) is 0.759. The van der Waals surface area contributed by atoms with Crippen molar-refractivity contribution in [2.45, 2.75) is 38.9 Å². The Kier molecular flexibility index (Phi) is 5.02. The summed E-state index contributed by atoms with van der Waals surface area (Å²) in [5.41, 5.74) is 0.617. The van der Waals surface area contributed by atoms with Gasteiger partial charge in [0.15, 0.2) is 0 Å². The fourth-order valence-electron chi connectivity index (χ4n) is 3.78. The van der Waals surface area contributed by atoms with E-state index in [0.29, 0.717) is 31.9 Å². The van der Waals surface area contributed by atoms with E-state index in [9.17, 15) is 9.90 Å². The van der Waals surface area contributed by atoms with Crippen LogP contribution in [0.15, 0.2) is 18.5 Å². The third-order valence-electron chi connectivity index (χ3n) is 6.32. The molecule has 2 fully saturated rings. The van der Waals surface area contributed by atoms with Crippen LogP contribution in [0.4, 0.5) is 10.6 Å². The highest BCUT2D eigenvalue weighted by Gasteiger charge is 2.52. The third-order valence-corrected chi connectivity index (χ3v) is 6.32. The molecule has 2 aliphatic rings. The highest BCUT2D eigenvalue weighted by molar-refractivity contribution is 6.63. The molecule has 4 rings (SSSR count). The maximum absolute atomic E-state index is 11.2. The van der Waals surface area contributed by atoms with Crippen LogP contribution in [0.2, 0.25) is 0 Å². The largest absolute Gasteiger partial charge is 0.498 e. The molecule has 30 heavy (non-hydrogen) atoms. The molecule has 2 saturated heterocycles. The normalized spacial score (nSPS) is 20.6. The van der Waals surface area contributed by atoms with Crippen LogP contribution in [0, 0.1) is 0 Å². The van der Waals surface area contributed by atoms with E-state index in [0.717, 1.165) is 22.2 Å². The number of fused-ring (bicyclic) bond motifs is 1. The van der Waals surface area contributed by atoms with E-state index in [1.54, 1.807) is 7.11 Å². The summed E-state index contributed by atoms with van der Waals surface area (Å²) in [6.45, 7) is 10.1. The highest BCUT2D eigenvalue weighted by atomic mass is 16.7. The van der Waals surface area contributed by atoms with E-state index in [1.807, 2.05) is 39.8 Å². The van der Waals surface area contributed by atoms with Crippen molar-refractivity contribution in [2.24, 2.45) is 0 Å². The number of carbonyl (C=O) groups is 1. The van der Waals surface area contributed by atoms with Crippen LogP contribution < -0.4 is 15.1 Å². The van der Waals surface area contributed by atoms with Gasteiger partial charge in [0.25, 0.3) is 0 Å². The lowest BCUT2D eigenvalue weighted by Crippen LogP contribution is -2.48. The van der Waals surface area contributed by atoms with Crippen molar-refractivity contribution in [1.82, 2.24) is 14.9 Å². The average Bonchev–Trinajstić information content (AvgIpc) is 2.93. The average molecular weight is 414 g/mol. The number of carboxylic acid groups (broad SMARTS) is 1. The molecule has 0 spiro atoms. The van der Waals surface area contributed by atoms with Gasteiger partial charge in [-0.1, -0.05) is 0 Å². The van der Waals surface area contributed by atoms with Gasteiger partial charge in [0, 0.05) is 37.0 Å². The Bertz CT molecular complexity index is 959. The lowest BCUT2D eigenvalue weighted by molar-refractivity contribution is 0.00578. The molecular weight excluding hydrogens is 387 g/mol. The van der Waals surface area contributed by atoms with Crippen LogP contribution in [0.25, 0.3) is 10.9 Å². The number of amides is 1. The molecule has 1 aromatic heterocycles. The van der Waals surface area contributed by atoms with Gasteiger partial charge >= 0.3 is 13.2 Å². The minimum Gasteiger partial charge on any atom is -0.497 e. The molecule has 0 unspecified atom stereocenters. The second-order valence-electron chi connectivity index (χ2n) is 8.65. The van der Waals surface area contributed by atoms with Crippen LogP contribution in [0.5, 0.6) is 5.75 Å². The van der Waals surface area contributed by atoms with Gasteiger partial charge in [0.1, 0.15) is 17.9 Å². The molecule has 10 heteroatoms. The van der Waals surface area contributed by atoms with Crippen molar-refractivity contribution in [1.29, 1.82) is 0 Å². The van der Waals surface area contributed by atoms with Crippen molar-refractivity contribution in [2.75, 3.05) is 38.2 Å². The van der Waals surface area contributed by atoms with Gasteiger partial charge in [-0.05, 0) is 39.8 Å². The van der Waals surface area contributed by atoms with E-state index in [4.69, 9.17) is 14.0 Å².